The van der Waals surface area contributed by atoms with Crippen molar-refractivity contribution >= 4 is 12.0 Å². The van der Waals surface area contributed by atoms with Gasteiger partial charge < -0.3 is 4.74 Å². The fraction of sp³-hybridized carbons (Fsp3) is 0.250. The number of hydroxylamine groups is 1. The van der Waals surface area contributed by atoms with Crippen LogP contribution in [-0.4, -0.2) is 18.8 Å². The number of amides is 1. The molecule has 0 bridgehead atoms. The largest absolute Gasteiger partial charge is 0.350 e. The van der Waals surface area contributed by atoms with Crippen LogP contribution >= 0.6 is 0 Å². The molecule has 4 nitrogen and oxygen atoms in total. The van der Waals surface area contributed by atoms with Crippen molar-refractivity contribution in [1.82, 2.24) is 5.48 Å². The molecule has 0 saturated carbocycles. The van der Waals surface area contributed by atoms with Crippen LogP contribution in [0.3, 0.4) is 0 Å². The Bertz CT molecular complexity index is 1070. The summed E-state index contributed by atoms with van der Waals surface area (Å²) in [5.41, 5.74) is 10.2. The second-order valence-corrected chi connectivity index (χ2v) is 8.39. The van der Waals surface area contributed by atoms with Crippen molar-refractivity contribution in [2.24, 2.45) is 0 Å². The summed E-state index contributed by atoms with van der Waals surface area (Å²) in [5, 5.41) is 0. The third-order valence-corrected chi connectivity index (χ3v) is 6.24. The quantitative estimate of drug-likeness (QED) is 0.411. The maximum Gasteiger partial charge on any atom is 0.267 e. The summed E-state index contributed by atoms with van der Waals surface area (Å²) < 4.78 is 5.44. The highest BCUT2D eigenvalue weighted by Crippen LogP contribution is 2.45. The van der Waals surface area contributed by atoms with E-state index in [1.54, 1.807) is 6.08 Å². The molecule has 0 spiro atoms. The van der Waals surface area contributed by atoms with Gasteiger partial charge in [-0.15, -0.1) is 0 Å². The Morgan fingerprint density at radius 1 is 0.938 bits per heavy atom. The molecule has 0 aromatic heterocycles. The van der Waals surface area contributed by atoms with E-state index in [0.717, 1.165) is 31.2 Å². The molecule has 1 aliphatic carbocycles. The predicted octanol–water partition coefficient (Wildman–Crippen LogP) is 5.63. The van der Waals surface area contributed by atoms with Gasteiger partial charge in [0.15, 0.2) is 6.29 Å². The van der Waals surface area contributed by atoms with Gasteiger partial charge in [0.05, 0.1) is 0 Å². The number of hydrogen-bond donors (Lipinski definition) is 1. The normalized spacial score (nSPS) is 17.8. The fourth-order valence-corrected chi connectivity index (χ4v) is 4.61. The van der Waals surface area contributed by atoms with Gasteiger partial charge in [-0.2, -0.15) is 0 Å². The predicted molar refractivity (Wildman–Crippen MR) is 126 cm³/mol. The lowest BCUT2D eigenvalue weighted by Crippen LogP contribution is -2.32. The number of ether oxygens (including phenoxy) is 1. The lowest BCUT2D eigenvalue weighted by Gasteiger charge is -2.21. The molecule has 1 amide bonds. The minimum Gasteiger partial charge on any atom is -0.350 e. The second kappa shape index (κ2) is 9.51. The van der Waals surface area contributed by atoms with Gasteiger partial charge in [-0.25, -0.2) is 10.3 Å². The molecule has 32 heavy (non-hydrogen) atoms. The summed E-state index contributed by atoms with van der Waals surface area (Å²) in [6.45, 7) is 0.681. The highest BCUT2D eigenvalue weighted by molar-refractivity contribution is 5.90. The van der Waals surface area contributed by atoms with Gasteiger partial charge >= 0.3 is 0 Å². The van der Waals surface area contributed by atoms with Crippen LogP contribution in [0.25, 0.3) is 17.2 Å². The van der Waals surface area contributed by atoms with E-state index in [1.165, 1.54) is 33.9 Å². The molecule has 5 rings (SSSR count). The van der Waals surface area contributed by atoms with E-state index in [2.05, 4.69) is 78.3 Å². The summed E-state index contributed by atoms with van der Waals surface area (Å²) in [6.07, 6.45) is 6.80. The van der Waals surface area contributed by atoms with E-state index in [-0.39, 0.29) is 12.2 Å². The SMILES string of the molecule is O=C(/C=C/c1ccc(CC2c3ccccc3-c3ccccc32)cc1)NOC1CCCCO1. The van der Waals surface area contributed by atoms with Crippen LogP contribution in [0.4, 0.5) is 0 Å². The van der Waals surface area contributed by atoms with Crippen LogP contribution < -0.4 is 5.48 Å². The molecule has 1 aliphatic heterocycles. The van der Waals surface area contributed by atoms with Gasteiger partial charge in [0.25, 0.3) is 5.91 Å². The molecule has 1 atom stereocenters. The Balaban J connectivity index is 1.22. The van der Waals surface area contributed by atoms with Crippen LogP contribution in [0, 0.1) is 0 Å². The molecule has 3 aromatic rings. The molecule has 0 radical (unpaired) electrons. The van der Waals surface area contributed by atoms with Crippen LogP contribution in [0.5, 0.6) is 0 Å². The van der Waals surface area contributed by atoms with Crippen molar-refractivity contribution in [3.63, 3.8) is 0 Å². The molecule has 2 aliphatic rings. The van der Waals surface area contributed by atoms with E-state index >= 15 is 0 Å². The minimum absolute atomic E-state index is 0.289. The third-order valence-electron chi connectivity index (χ3n) is 6.24. The van der Waals surface area contributed by atoms with Crippen LogP contribution in [0.15, 0.2) is 78.9 Å². The summed E-state index contributed by atoms with van der Waals surface area (Å²) >= 11 is 0. The van der Waals surface area contributed by atoms with E-state index in [0.29, 0.717) is 12.5 Å². The molecule has 1 N–H and O–H groups in total. The van der Waals surface area contributed by atoms with Crippen LogP contribution in [0.2, 0.25) is 0 Å². The minimum atomic E-state index is -0.341. The van der Waals surface area contributed by atoms with Crippen molar-refractivity contribution in [2.75, 3.05) is 6.61 Å². The van der Waals surface area contributed by atoms with Gasteiger partial charge in [-0.3, -0.25) is 4.79 Å². The first-order chi connectivity index (χ1) is 15.8. The summed E-state index contributed by atoms with van der Waals surface area (Å²) in [6, 6.07) is 25.8. The van der Waals surface area contributed by atoms with Crippen molar-refractivity contribution in [3.05, 3.63) is 101 Å². The second-order valence-electron chi connectivity index (χ2n) is 8.39. The van der Waals surface area contributed by atoms with Crippen LogP contribution in [-0.2, 0) is 20.8 Å². The molecular formula is C28H27NO3. The zero-order valence-corrected chi connectivity index (χ0v) is 18.0. The first-order valence-corrected chi connectivity index (χ1v) is 11.3. The van der Waals surface area contributed by atoms with E-state index in [9.17, 15) is 4.79 Å². The van der Waals surface area contributed by atoms with Crippen molar-refractivity contribution in [3.8, 4) is 11.1 Å². The average molecular weight is 426 g/mol. The number of benzene rings is 3. The van der Waals surface area contributed by atoms with E-state index in [1.807, 2.05) is 0 Å². The number of fused-ring (bicyclic) bond motifs is 3. The Hall–Kier alpha value is -3.21. The molecular weight excluding hydrogens is 398 g/mol. The fourth-order valence-electron chi connectivity index (χ4n) is 4.61. The molecule has 1 unspecified atom stereocenters. The van der Waals surface area contributed by atoms with Gasteiger partial charge in [0.2, 0.25) is 0 Å². The van der Waals surface area contributed by atoms with E-state index < -0.39 is 0 Å². The zero-order chi connectivity index (χ0) is 21.8. The van der Waals surface area contributed by atoms with Gasteiger partial charge in [-0.05, 0) is 58.7 Å². The van der Waals surface area contributed by atoms with Crippen molar-refractivity contribution in [1.29, 1.82) is 0 Å². The lowest BCUT2D eigenvalue weighted by atomic mass is 9.90. The smallest absolute Gasteiger partial charge is 0.267 e. The summed E-state index contributed by atoms with van der Waals surface area (Å²) in [5.74, 6) is 0.0798. The number of hydrogen-bond acceptors (Lipinski definition) is 3. The highest BCUT2D eigenvalue weighted by Gasteiger charge is 2.27. The third kappa shape index (κ3) is 4.52. The number of nitrogens with one attached hydrogen (secondary N) is 1. The highest BCUT2D eigenvalue weighted by atomic mass is 16.8. The maximum absolute atomic E-state index is 12.0. The van der Waals surface area contributed by atoms with Gasteiger partial charge in [0.1, 0.15) is 0 Å². The molecule has 162 valence electrons. The Morgan fingerprint density at radius 3 is 2.28 bits per heavy atom. The Kier molecular flexibility index (Phi) is 6.15. The maximum atomic E-state index is 12.0. The Labute approximate surface area is 188 Å². The van der Waals surface area contributed by atoms with E-state index in [4.69, 9.17) is 9.57 Å². The topological polar surface area (TPSA) is 47.6 Å². The van der Waals surface area contributed by atoms with Crippen LogP contribution in [0.1, 0.15) is 47.4 Å². The lowest BCUT2D eigenvalue weighted by molar-refractivity contribution is -0.198. The molecule has 4 heteroatoms. The first kappa shape index (κ1) is 20.7. The molecule has 1 saturated heterocycles. The molecule has 1 fully saturated rings. The van der Waals surface area contributed by atoms with Gasteiger partial charge in [0, 0.05) is 25.0 Å². The number of carbonyl (C=O) groups excluding carboxylic acids is 1. The number of rotatable bonds is 6. The first-order valence-electron chi connectivity index (χ1n) is 11.3. The summed E-state index contributed by atoms with van der Waals surface area (Å²) in [7, 11) is 0. The van der Waals surface area contributed by atoms with Gasteiger partial charge in [-0.1, -0.05) is 72.8 Å². The zero-order valence-electron chi connectivity index (χ0n) is 18.0. The monoisotopic (exact) mass is 425 g/mol. The Morgan fingerprint density at radius 2 is 1.62 bits per heavy atom. The van der Waals surface area contributed by atoms with Crippen molar-refractivity contribution in [2.45, 2.75) is 37.9 Å². The molecule has 3 aromatic carbocycles. The summed E-state index contributed by atoms with van der Waals surface area (Å²) in [4.78, 5) is 17.3. The van der Waals surface area contributed by atoms with Crippen molar-refractivity contribution < 1.29 is 14.4 Å². The molecule has 1 heterocycles. The number of carbonyl (C=O) groups is 1. The standard InChI is InChI=1S/C28H27NO3/c30-27(29-32-28-11-5-6-18-31-28)17-16-20-12-14-21(15-13-20)19-26-24-9-3-1-7-22(24)23-8-2-4-10-25(23)26/h1-4,7-10,12-17,26,28H,5-6,11,18-19H2,(H,29,30)/b17-16+. The average Bonchev–Trinajstić information content (AvgIpc) is 3.17.